The van der Waals surface area contributed by atoms with Gasteiger partial charge in [-0.1, -0.05) is 17.0 Å². The molecule has 0 radical (unpaired) electrons. The number of aryl methyl sites for hydroxylation is 2. The molecule has 0 aromatic carbocycles. The Morgan fingerprint density at radius 1 is 1.57 bits per heavy atom. The van der Waals surface area contributed by atoms with Crippen LogP contribution < -0.4 is 11.1 Å². The number of nitrogens with one attached hydrogen (secondary N) is 1. The van der Waals surface area contributed by atoms with Crippen molar-refractivity contribution >= 4 is 17.2 Å². The lowest BCUT2D eigenvalue weighted by molar-refractivity contribution is 0.0940. The standard InChI is InChI=1S/C15H17N3O2S/c1-9(14-10(2)18-20-11(14)3)17-15(19)12-7-13(21-8-12)5-4-6-16/h7-9H,6,16H2,1-3H3,(H,17,19). The summed E-state index contributed by atoms with van der Waals surface area (Å²) >= 11 is 1.43. The van der Waals surface area contributed by atoms with Gasteiger partial charge in [0, 0.05) is 10.9 Å². The van der Waals surface area contributed by atoms with Gasteiger partial charge in [-0.15, -0.1) is 11.3 Å². The van der Waals surface area contributed by atoms with Crippen molar-refractivity contribution in [1.82, 2.24) is 10.5 Å². The van der Waals surface area contributed by atoms with Crippen molar-refractivity contribution in [3.63, 3.8) is 0 Å². The van der Waals surface area contributed by atoms with Crippen molar-refractivity contribution in [1.29, 1.82) is 0 Å². The van der Waals surface area contributed by atoms with Crippen LogP contribution in [0.25, 0.3) is 0 Å². The molecule has 0 saturated heterocycles. The quantitative estimate of drug-likeness (QED) is 0.851. The summed E-state index contributed by atoms with van der Waals surface area (Å²) in [5, 5.41) is 8.63. The number of amides is 1. The third kappa shape index (κ3) is 3.51. The van der Waals surface area contributed by atoms with Gasteiger partial charge in [-0.3, -0.25) is 4.79 Å². The fourth-order valence-corrected chi connectivity index (χ4v) is 2.87. The highest BCUT2D eigenvalue weighted by molar-refractivity contribution is 7.10. The number of nitrogens with zero attached hydrogens (tertiary/aromatic N) is 1. The number of hydrogen-bond acceptors (Lipinski definition) is 5. The van der Waals surface area contributed by atoms with Gasteiger partial charge in [-0.2, -0.15) is 0 Å². The molecular weight excluding hydrogens is 286 g/mol. The minimum absolute atomic E-state index is 0.139. The Balaban J connectivity index is 2.09. The maximum Gasteiger partial charge on any atom is 0.252 e. The Morgan fingerprint density at radius 3 is 2.95 bits per heavy atom. The van der Waals surface area contributed by atoms with E-state index < -0.39 is 0 Å². The molecule has 2 heterocycles. The third-order valence-corrected chi connectivity index (χ3v) is 3.89. The summed E-state index contributed by atoms with van der Waals surface area (Å²) in [6.07, 6.45) is 0. The van der Waals surface area contributed by atoms with Gasteiger partial charge in [0.2, 0.25) is 0 Å². The molecule has 1 unspecified atom stereocenters. The first-order chi connectivity index (χ1) is 10.0. The van der Waals surface area contributed by atoms with Crippen LogP contribution in [0.1, 0.15) is 45.2 Å². The van der Waals surface area contributed by atoms with Crippen molar-refractivity contribution in [2.75, 3.05) is 6.54 Å². The lowest BCUT2D eigenvalue weighted by Gasteiger charge is -2.12. The van der Waals surface area contributed by atoms with Crippen LogP contribution in [-0.4, -0.2) is 17.6 Å². The molecule has 0 aliphatic heterocycles. The molecule has 0 aliphatic rings. The van der Waals surface area contributed by atoms with Crippen molar-refractivity contribution in [2.45, 2.75) is 26.8 Å². The number of thiophene rings is 1. The highest BCUT2D eigenvalue weighted by Crippen LogP contribution is 2.22. The molecule has 0 aliphatic carbocycles. The lowest BCUT2D eigenvalue weighted by atomic mass is 10.1. The summed E-state index contributed by atoms with van der Waals surface area (Å²) in [6.45, 7) is 5.91. The van der Waals surface area contributed by atoms with Crippen LogP contribution in [0, 0.1) is 25.7 Å². The number of nitrogens with two attached hydrogens (primary N) is 1. The van der Waals surface area contributed by atoms with E-state index in [-0.39, 0.29) is 11.9 Å². The summed E-state index contributed by atoms with van der Waals surface area (Å²) in [7, 11) is 0. The second-order valence-corrected chi connectivity index (χ2v) is 5.55. The molecule has 2 rings (SSSR count). The van der Waals surface area contributed by atoms with E-state index in [1.54, 1.807) is 11.4 Å². The van der Waals surface area contributed by atoms with E-state index in [1.807, 2.05) is 20.8 Å². The van der Waals surface area contributed by atoms with Crippen molar-refractivity contribution < 1.29 is 9.32 Å². The second-order valence-electron chi connectivity index (χ2n) is 4.64. The molecule has 0 fully saturated rings. The van der Waals surface area contributed by atoms with Crippen molar-refractivity contribution in [3.05, 3.63) is 38.9 Å². The van der Waals surface area contributed by atoms with Crippen LogP contribution in [0.15, 0.2) is 16.0 Å². The largest absolute Gasteiger partial charge is 0.361 e. The zero-order valence-electron chi connectivity index (χ0n) is 12.2. The third-order valence-electron chi connectivity index (χ3n) is 3.04. The summed E-state index contributed by atoms with van der Waals surface area (Å²) in [6, 6.07) is 1.60. The predicted octanol–water partition coefficient (Wildman–Crippen LogP) is 2.15. The van der Waals surface area contributed by atoms with Crippen molar-refractivity contribution in [2.24, 2.45) is 5.73 Å². The van der Waals surface area contributed by atoms with E-state index >= 15 is 0 Å². The molecule has 2 aromatic rings. The summed E-state index contributed by atoms with van der Waals surface area (Å²) < 4.78 is 5.12. The maximum absolute atomic E-state index is 12.2. The normalized spacial score (nSPS) is 11.6. The molecule has 3 N–H and O–H groups in total. The molecule has 6 heteroatoms. The van der Waals surface area contributed by atoms with Gasteiger partial charge in [-0.25, -0.2) is 0 Å². The van der Waals surface area contributed by atoms with Crippen LogP contribution in [0.5, 0.6) is 0 Å². The number of carbonyl (C=O) groups is 1. The lowest BCUT2D eigenvalue weighted by Crippen LogP contribution is -2.26. The van der Waals surface area contributed by atoms with Gasteiger partial charge in [0.1, 0.15) is 5.76 Å². The summed E-state index contributed by atoms with van der Waals surface area (Å²) in [4.78, 5) is 13.1. The van der Waals surface area contributed by atoms with Gasteiger partial charge < -0.3 is 15.6 Å². The number of aromatic nitrogens is 1. The highest BCUT2D eigenvalue weighted by atomic mass is 32.1. The van der Waals surface area contributed by atoms with E-state index in [2.05, 4.69) is 22.3 Å². The second kappa shape index (κ2) is 6.57. The average molecular weight is 303 g/mol. The Labute approximate surface area is 127 Å². The Morgan fingerprint density at radius 2 is 2.33 bits per heavy atom. The minimum Gasteiger partial charge on any atom is -0.361 e. The van der Waals surface area contributed by atoms with Crippen molar-refractivity contribution in [3.8, 4) is 11.8 Å². The Bertz CT molecular complexity index is 687. The molecule has 0 spiro atoms. The molecule has 21 heavy (non-hydrogen) atoms. The molecule has 110 valence electrons. The number of hydrogen-bond donors (Lipinski definition) is 2. The SMILES string of the molecule is Cc1noc(C)c1C(C)NC(=O)c1csc(C#CCN)c1. The van der Waals surface area contributed by atoms with Crippen LogP contribution in [-0.2, 0) is 0 Å². The molecular formula is C15H17N3O2S. The minimum atomic E-state index is -0.165. The predicted molar refractivity (Wildman–Crippen MR) is 82.1 cm³/mol. The molecule has 1 atom stereocenters. The van der Waals surface area contributed by atoms with Crippen LogP contribution in [0.2, 0.25) is 0 Å². The van der Waals surface area contributed by atoms with Gasteiger partial charge in [0.05, 0.1) is 28.7 Å². The fraction of sp³-hybridized carbons (Fsp3) is 0.333. The molecule has 1 amide bonds. The Kier molecular flexibility index (Phi) is 4.78. The smallest absolute Gasteiger partial charge is 0.252 e. The van der Waals surface area contributed by atoms with Crippen LogP contribution in [0.3, 0.4) is 0 Å². The van der Waals surface area contributed by atoms with Gasteiger partial charge in [0.25, 0.3) is 5.91 Å². The van der Waals surface area contributed by atoms with Gasteiger partial charge >= 0.3 is 0 Å². The number of rotatable bonds is 3. The molecule has 0 bridgehead atoms. The van der Waals surface area contributed by atoms with Gasteiger partial charge in [0.15, 0.2) is 0 Å². The topological polar surface area (TPSA) is 81.2 Å². The first-order valence-corrected chi connectivity index (χ1v) is 7.42. The van der Waals surface area contributed by atoms with Crippen LogP contribution >= 0.6 is 11.3 Å². The van der Waals surface area contributed by atoms with E-state index in [9.17, 15) is 4.79 Å². The van der Waals surface area contributed by atoms with Crippen LogP contribution in [0.4, 0.5) is 0 Å². The monoisotopic (exact) mass is 303 g/mol. The van der Waals surface area contributed by atoms with E-state index in [0.29, 0.717) is 12.1 Å². The molecule has 5 nitrogen and oxygen atoms in total. The average Bonchev–Trinajstić information content (AvgIpc) is 3.03. The fourth-order valence-electron chi connectivity index (χ4n) is 2.12. The first kappa shape index (κ1) is 15.3. The van der Waals surface area contributed by atoms with Gasteiger partial charge in [-0.05, 0) is 26.8 Å². The maximum atomic E-state index is 12.2. The molecule has 2 aromatic heterocycles. The highest BCUT2D eigenvalue weighted by Gasteiger charge is 2.19. The molecule has 0 saturated carbocycles. The summed E-state index contributed by atoms with van der Waals surface area (Å²) in [5.41, 5.74) is 7.64. The number of carbonyl (C=O) groups excluding carboxylic acids is 1. The zero-order valence-corrected chi connectivity index (χ0v) is 13.0. The van der Waals surface area contributed by atoms with E-state index in [0.717, 1.165) is 21.9 Å². The Hall–Kier alpha value is -2.10. The van der Waals surface area contributed by atoms with E-state index in [1.165, 1.54) is 11.3 Å². The van der Waals surface area contributed by atoms with E-state index in [4.69, 9.17) is 10.3 Å². The zero-order chi connectivity index (χ0) is 15.4. The first-order valence-electron chi connectivity index (χ1n) is 6.54. The summed E-state index contributed by atoms with van der Waals surface area (Å²) in [5.74, 6) is 6.27.